The summed E-state index contributed by atoms with van der Waals surface area (Å²) in [7, 11) is 0.775. The summed E-state index contributed by atoms with van der Waals surface area (Å²) in [6.07, 6.45) is 2.72. The molecule has 4 rings (SSSR count). The fourth-order valence-corrected chi connectivity index (χ4v) is 5.43. The molecule has 1 aliphatic heterocycles. The van der Waals surface area contributed by atoms with E-state index in [2.05, 4.69) is 54.6 Å². The molecule has 0 bridgehead atoms. The quantitative estimate of drug-likeness (QED) is 0.557. The van der Waals surface area contributed by atoms with Crippen LogP contribution < -0.4 is 9.62 Å². The van der Waals surface area contributed by atoms with E-state index in [1.165, 1.54) is 16.1 Å². The molecular formula is C27H31N3O3S. The highest BCUT2D eigenvalue weighted by molar-refractivity contribution is 7.92. The molecule has 1 N–H and O–H groups in total. The van der Waals surface area contributed by atoms with E-state index in [0.29, 0.717) is 24.3 Å². The molecule has 0 fully saturated rings. The first kappa shape index (κ1) is 24.0. The lowest BCUT2D eigenvalue weighted by atomic mass is 9.98. The smallest absolute Gasteiger partial charge is 0.251 e. The second kappa shape index (κ2) is 9.99. The van der Waals surface area contributed by atoms with Gasteiger partial charge in [0.25, 0.3) is 5.91 Å². The Hall–Kier alpha value is -3.16. The maximum Gasteiger partial charge on any atom is 0.251 e. The number of fused-ring (bicyclic) bond motifs is 1. The average molecular weight is 478 g/mol. The highest BCUT2D eigenvalue weighted by Gasteiger charge is 2.24. The number of rotatable bonds is 7. The highest BCUT2D eigenvalue weighted by atomic mass is 32.2. The van der Waals surface area contributed by atoms with E-state index in [4.69, 9.17) is 0 Å². The van der Waals surface area contributed by atoms with Crippen molar-refractivity contribution in [1.29, 1.82) is 0 Å². The van der Waals surface area contributed by atoms with Crippen molar-refractivity contribution in [2.24, 2.45) is 0 Å². The molecule has 0 aromatic heterocycles. The van der Waals surface area contributed by atoms with Gasteiger partial charge in [-0.1, -0.05) is 48.5 Å². The number of aryl methyl sites for hydroxylation is 1. The van der Waals surface area contributed by atoms with Crippen LogP contribution in [0.15, 0.2) is 66.7 Å². The zero-order valence-electron chi connectivity index (χ0n) is 19.9. The third kappa shape index (κ3) is 5.48. The molecule has 3 aromatic rings. The van der Waals surface area contributed by atoms with Crippen molar-refractivity contribution in [3.8, 4) is 11.1 Å². The molecule has 1 aliphatic rings. The van der Waals surface area contributed by atoms with E-state index in [9.17, 15) is 13.2 Å². The van der Waals surface area contributed by atoms with Gasteiger partial charge >= 0.3 is 0 Å². The van der Waals surface area contributed by atoms with E-state index in [0.717, 1.165) is 41.6 Å². The Balaban J connectivity index is 1.49. The number of hydrogen-bond acceptors (Lipinski definition) is 4. The second-order valence-corrected chi connectivity index (χ2v) is 11.0. The first-order valence-corrected chi connectivity index (χ1v) is 13.3. The summed E-state index contributed by atoms with van der Waals surface area (Å²) in [6, 6.07) is 21.9. The number of carbonyl (C=O) groups excluding carboxylic acids is 1. The van der Waals surface area contributed by atoms with Crippen molar-refractivity contribution >= 4 is 21.6 Å². The minimum Gasteiger partial charge on any atom is -0.348 e. The predicted molar refractivity (Wildman–Crippen MR) is 137 cm³/mol. The normalized spacial score (nSPS) is 13.6. The molecule has 0 unspecified atom stereocenters. The summed E-state index contributed by atoms with van der Waals surface area (Å²) in [5, 5.41) is 3.03. The summed E-state index contributed by atoms with van der Waals surface area (Å²) in [5.74, 6) is -0.171. The van der Waals surface area contributed by atoms with Crippen LogP contribution >= 0.6 is 0 Å². The lowest BCUT2D eigenvalue weighted by Crippen LogP contribution is -2.34. The van der Waals surface area contributed by atoms with Crippen LogP contribution in [0.4, 0.5) is 5.69 Å². The van der Waals surface area contributed by atoms with Gasteiger partial charge < -0.3 is 10.2 Å². The molecule has 0 spiro atoms. The SMILES string of the molecule is CN(C)Cc1ccc(-c2ccccc2CNC(=O)c2ccc3c(c2)CCCN3S(C)(=O)=O)cc1. The van der Waals surface area contributed by atoms with Crippen LogP contribution in [0, 0.1) is 0 Å². The van der Waals surface area contributed by atoms with Gasteiger partial charge in [-0.15, -0.1) is 0 Å². The Morgan fingerprint density at radius 3 is 2.47 bits per heavy atom. The van der Waals surface area contributed by atoms with E-state index >= 15 is 0 Å². The molecule has 0 saturated carbocycles. The molecule has 1 amide bonds. The molecule has 0 radical (unpaired) electrons. The van der Waals surface area contributed by atoms with Crippen molar-refractivity contribution < 1.29 is 13.2 Å². The monoisotopic (exact) mass is 477 g/mol. The Bertz CT molecular complexity index is 1280. The minimum absolute atomic E-state index is 0.171. The van der Waals surface area contributed by atoms with Gasteiger partial charge in [-0.2, -0.15) is 0 Å². The number of nitrogens with one attached hydrogen (secondary N) is 1. The van der Waals surface area contributed by atoms with E-state index in [-0.39, 0.29) is 5.91 Å². The largest absolute Gasteiger partial charge is 0.348 e. The molecular weight excluding hydrogens is 446 g/mol. The first-order chi connectivity index (χ1) is 16.2. The van der Waals surface area contributed by atoms with E-state index < -0.39 is 10.0 Å². The van der Waals surface area contributed by atoms with Crippen molar-refractivity contribution in [2.45, 2.75) is 25.9 Å². The topological polar surface area (TPSA) is 69.7 Å². The summed E-state index contributed by atoms with van der Waals surface area (Å²) in [6.45, 7) is 1.77. The molecule has 1 heterocycles. The van der Waals surface area contributed by atoms with Gasteiger partial charge in [0.1, 0.15) is 0 Å². The van der Waals surface area contributed by atoms with Crippen LogP contribution in [0.2, 0.25) is 0 Å². The molecule has 0 saturated heterocycles. The van der Waals surface area contributed by atoms with Gasteiger partial charge in [0.15, 0.2) is 0 Å². The first-order valence-electron chi connectivity index (χ1n) is 11.4. The number of sulfonamides is 1. The lowest BCUT2D eigenvalue weighted by Gasteiger charge is -2.29. The number of anilines is 1. The summed E-state index contributed by atoms with van der Waals surface area (Å²) in [4.78, 5) is 15.1. The maximum absolute atomic E-state index is 12.9. The summed E-state index contributed by atoms with van der Waals surface area (Å²) >= 11 is 0. The van der Waals surface area contributed by atoms with Gasteiger partial charge in [-0.3, -0.25) is 9.10 Å². The average Bonchev–Trinajstić information content (AvgIpc) is 2.81. The van der Waals surface area contributed by atoms with Crippen LogP contribution in [0.3, 0.4) is 0 Å². The number of hydrogen-bond donors (Lipinski definition) is 1. The van der Waals surface area contributed by atoms with E-state index in [1.807, 2.05) is 24.3 Å². The van der Waals surface area contributed by atoms with Crippen LogP contribution in [0.1, 0.15) is 33.5 Å². The zero-order chi connectivity index (χ0) is 24.3. The van der Waals surface area contributed by atoms with Crippen LogP contribution in [-0.4, -0.2) is 46.1 Å². The Kier molecular flexibility index (Phi) is 7.05. The van der Waals surface area contributed by atoms with Crippen molar-refractivity contribution in [3.63, 3.8) is 0 Å². The molecule has 6 nitrogen and oxygen atoms in total. The van der Waals surface area contributed by atoms with Gasteiger partial charge in [0.2, 0.25) is 10.0 Å². The number of amides is 1. The number of benzene rings is 3. The summed E-state index contributed by atoms with van der Waals surface area (Å²) < 4.78 is 25.6. The van der Waals surface area contributed by atoms with Crippen LogP contribution in [0.25, 0.3) is 11.1 Å². The summed E-state index contributed by atoms with van der Waals surface area (Å²) in [5.41, 5.74) is 6.60. The Morgan fingerprint density at radius 1 is 1.03 bits per heavy atom. The molecule has 0 aliphatic carbocycles. The number of nitrogens with zero attached hydrogens (tertiary/aromatic N) is 2. The van der Waals surface area contributed by atoms with Gasteiger partial charge in [-0.05, 0) is 73.0 Å². The van der Waals surface area contributed by atoms with Gasteiger partial charge in [-0.25, -0.2) is 8.42 Å². The third-order valence-electron chi connectivity index (χ3n) is 6.04. The molecule has 178 valence electrons. The third-order valence-corrected chi connectivity index (χ3v) is 7.22. The van der Waals surface area contributed by atoms with Crippen molar-refractivity contribution in [3.05, 3.63) is 89.0 Å². The Labute approximate surface area is 202 Å². The molecule has 7 heteroatoms. The van der Waals surface area contributed by atoms with Crippen molar-refractivity contribution in [2.75, 3.05) is 31.2 Å². The zero-order valence-corrected chi connectivity index (χ0v) is 20.7. The fraction of sp³-hybridized carbons (Fsp3) is 0.296. The van der Waals surface area contributed by atoms with Crippen LogP contribution in [0.5, 0.6) is 0 Å². The molecule has 34 heavy (non-hydrogen) atoms. The maximum atomic E-state index is 12.9. The van der Waals surface area contributed by atoms with Crippen LogP contribution in [-0.2, 0) is 29.5 Å². The Morgan fingerprint density at radius 2 is 1.76 bits per heavy atom. The van der Waals surface area contributed by atoms with Gasteiger partial charge in [0, 0.05) is 25.2 Å². The fourth-order valence-electron chi connectivity index (χ4n) is 4.44. The van der Waals surface area contributed by atoms with Gasteiger partial charge in [0.05, 0.1) is 11.9 Å². The number of carbonyl (C=O) groups is 1. The minimum atomic E-state index is -3.33. The molecule has 0 atom stereocenters. The predicted octanol–water partition coefficient (Wildman–Crippen LogP) is 4.06. The second-order valence-electron chi connectivity index (χ2n) is 9.06. The lowest BCUT2D eigenvalue weighted by molar-refractivity contribution is 0.0951. The van der Waals surface area contributed by atoms with E-state index in [1.54, 1.807) is 12.1 Å². The highest BCUT2D eigenvalue weighted by Crippen LogP contribution is 2.30. The standard InChI is InChI=1S/C27H31N3O3S/c1-29(2)19-20-10-12-21(13-11-20)25-9-5-4-7-24(25)18-28-27(31)23-14-15-26-22(17-23)8-6-16-30(26)34(3,32)33/h4-5,7,9-15,17H,6,8,16,18-19H2,1-3H3,(H,28,31). The van der Waals surface area contributed by atoms with Crippen molar-refractivity contribution in [1.82, 2.24) is 10.2 Å². The molecule has 3 aromatic carbocycles.